The van der Waals surface area contributed by atoms with Crippen molar-refractivity contribution in [2.45, 2.75) is 76.3 Å². The fraction of sp³-hybridized carbons (Fsp3) is 0.357. The molecule has 0 bridgehead atoms. The van der Waals surface area contributed by atoms with Crippen molar-refractivity contribution in [3.8, 4) is 0 Å². The number of nitrogens with one attached hydrogen (secondary N) is 1. The van der Waals surface area contributed by atoms with Crippen LogP contribution in [0.25, 0.3) is 11.1 Å². The summed E-state index contributed by atoms with van der Waals surface area (Å²) in [4.78, 5) is 63.0. The van der Waals surface area contributed by atoms with Crippen LogP contribution in [0.1, 0.15) is 65.2 Å². The third-order valence-corrected chi connectivity index (χ3v) is 11.3. The van der Waals surface area contributed by atoms with E-state index in [1.807, 2.05) is 78.9 Å². The number of thiophene rings is 1. The van der Waals surface area contributed by atoms with Crippen LogP contribution >= 0.6 is 27.3 Å². The summed E-state index contributed by atoms with van der Waals surface area (Å²) in [6.07, 6.45) is 1.42. The molecule has 0 radical (unpaired) electrons. The first kappa shape index (κ1) is 40.0. The summed E-state index contributed by atoms with van der Waals surface area (Å²) in [6.45, 7) is 0.934. The molecule has 6 rings (SSSR count). The maximum atomic E-state index is 14.6. The van der Waals surface area contributed by atoms with Gasteiger partial charge in [0.05, 0.1) is 22.5 Å². The Morgan fingerprint density at radius 3 is 2.35 bits per heavy atom. The normalized spacial score (nSPS) is 16.5. The van der Waals surface area contributed by atoms with E-state index in [2.05, 4.69) is 26.2 Å². The molecule has 288 valence electrons. The zero-order valence-corrected chi connectivity index (χ0v) is 32.8. The van der Waals surface area contributed by atoms with Crippen LogP contribution in [0.5, 0.6) is 0 Å². The molecule has 1 aliphatic heterocycles. The largest absolute Gasteiger partial charge is 0.445 e. The van der Waals surface area contributed by atoms with Gasteiger partial charge in [-0.1, -0.05) is 79.2 Å². The molecular formula is C42H45BrN4O7S. The Bertz CT molecular complexity index is 2010. The Morgan fingerprint density at radius 2 is 1.64 bits per heavy atom. The lowest BCUT2D eigenvalue weighted by Crippen LogP contribution is -2.52. The quantitative estimate of drug-likeness (QED) is 0.0631. The molecule has 0 spiro atoms. The number of nitrogens with zero attached hydrogens (tertiary/aromatic N) is 2. The van der Waals surface area contributed by atoms with Crippen molar-refractivity contribution in [3.63, 3.8) is 0 Å². The number of para-hydroxylation sites is 2. The molecule has 0 saturated carbocycles. The third kappa shape index (κ3) is 11.2. The molecule has 3 heterocycles. The maximum Gasteiger partial charge on any atom is 0.408 e. The van der Waals surface area contributed by atoms with Crippen LogP contribution in [-0.2, 0) is 38.7 Å². The Hall–Kier alpha value is -4.69. The van der Waals surface area contributed by atoms with Gasteiger partial charge in [-0.3, -0.25) is 14.4 Å². The standard InChI is InChI=1S/C42H45BrN4O7S/c43-38-21-19-32(55-38)27-52-31-24-35(36(48)23-30(15-9-10-22-44)39(49)40-45-33-16-7-8-17-37(33)54-40)47(25-31)41(50)34(20-18-28-11-3-1-4-12-28)46-42(51)53-26-29-13-5-2-6-14-29/h1-8,11-14,16-17,19,21,30-31,34-35H,9-10,15,18,20,22-27,44H2,(H,46,51)/t30-,31-,34-,35+/m1/s1. The Labute approximate surface area is 332 Å². The van der Waals surface area contributed by atoms with E-state index >= 15 is 0 Å². The molecule has 55 heavy (non-hydrogen) atoms. The number of halogens is 1. The number of benzene rings is 3. The van der Waals surface area contributed by atoms with Gasteiger partial charge in [0, 0.05) is 30.2 Å². The van der Waals surface area contributed by atoms with Gasteiger partial charge >= 0.3 is 6.09 Å². The van der Waals surface area contributed by atoms with Gasteiger partial charge in [-0.2, -0.15) is 0 Å². The van der Waals surface area contributed by atoms with E-state index < -0.39 is 36.1 Å². The summed E-state index contributed by atoms with van der Waals surface area (Å²) >= 11 is 5.04. The predicted octanol–water partition coefficient (Wildman–Crippen LogP) is 7.65. The molecule has 5 aromatic rings. The van der Waals surface area contributed by atoms with E-state index in [-0.39, 0.29) is 49.9 Å². The summed E-state index contributed by atoms with van der Waals surface area (Å²) < 4.78 is 18.6. The van der Waals surface area contributed by atoms with Crippen molar-refractivity contribution in [2.24, 2.45) is 11.7 Å². The smallest absolute Gasteiger partial charge is 0.408 e. The van der Waals surface area contributed by atoms with E-state index in [9.17, 15) is 19.2 Å². The number of amides is 2. The molecule has 0 aliphatic carbocycles. The van der Waals surface area contributed by atoms with E-state index in [4.69, 9.17) is 19.6 Å². The van der Waals surface area contributed by atoms with Crippen LogP contribution in [0.4, 0.5) is 4.79 Å². The first-order valence-corrected chi connectivity index (χ1v) is 20.2. The molecule has 1 aliphatic rings. The number of ether oxygens (including phenoxy) is 2. The number of aryl methyl sites for hydroxylation is 1. The highest BCUT2D eigenvalue weighted by Gasteiger charge is 2.43. The maximum absolute atomic E-state index is 14.6. The van der Waals surface area contributed by atoms with Crippen LogP contribution < -0.4 is 11.1 Å². The topological polar surface area (TPSA) is 154 Å². The third-order valence-electron chi connectivity index (χ3n) is 9.70. The lowest BCUT2D eigenvalue weighted by Gasteiger charge is -2.29. The van der Waals surface area contributed by atoms with Crippen LogP contribution in [0.15, 0.2) is 105 Å². The number of hydrogen-bond acceptors (Lipinski definition) is 10. The first-order valence-electron chi connectivity index (χ1n) is 18.6. The summed E-state index contributed by atoms with van der Waals surface area (Å²) in [6, 6.07) is 28.1. The molecule has 13 heteroatoms. The van der Waals surface area contributed by atoms with Gasteiger partial charge in [0.1, 0.15) is 18.2 Å². The first-order chi connectivity index (χ1) is 26.8. The lowest BCUT2D eigenvalue weighted by molar-refractivity contribution is -0.139. The fourth-order valence-corrected chi connectivity index (χ4v) is 8.21. The van der Waals surface area contributed by atoms with E-state index in [1.54, 1.807) is 29.5 Å². The number of rotatable bonds is 19. The van der Waals surface area contributed by atoms with Gasteiger partial charge in [-0.05, 0) is 83.6 Å². The molecule has 2 aromatic heterocycles. The number of ketones is 2. The summed E-state index contributed by atoms with van der Waals surface area (Å²) in [5, 5.41) is 2.80. The van der Waals surface area contributed by atoms with Crippen LogP contribution in [0.3, 0.4) is 0 Å². The van der Waals surface area contributed by atoms with Gasteiger partial charge in [0.25, 0.3) is 5.89 Å². The lowest BCUT2D eigenvalue weighted by atomic mass is 9.89. The number of aromatic nitrogens is 1. The number of Topliss-reactive ketones (excluding diaryl/α,β-unsaturated/α-hetero) is 2. The second kappa shape index (κ2) is 19.8. The molecule has 2 amide bonds. The number of unbranched alkanes of at least 4 members (excludes halogenated alkanes) is 1. The van der Waals surface area contributed by atoms with E-state index in [0.717, 1.165) is 19.8 Å². The minimum Gasteiger partial charge on any atom is -0.445 e. The Kier molecular flexibility index (Phi) is 14.4. The van der Waals surface area contributed by atoms with Gasteiger partial charge in [-0.25, -0.2) is 9.78 Å². The average molecular weight is 830 g/mol. The van der Waals surface area contributed by atoms with Crippen LogP contribution in [0, 0.1) is 5.92 Å². The van der Waals surface area contributed by atoms with Gasteiger partial charge in [0.15, 0.2) is 11.4 Å². The number of likely N-dealkylation sites (tertiary alicyclic amines) is 1. The zero-order chi connectivity index (χ0) is 38.6. The SMILES string of the molecule is NCCCC[C@H](CC(=O)[C@@H]1C[C@@H](OCc2ccc(Br)s2)CN1C(=O)[C@@H](CCc1ccccc1)NC(=O)OCc1ccccc1)C(=O)c1nc2ccccc2o1. The number of carbonyl (C=O) groups excluding carboxylic acids is 4. The fourth-order valence-electron chi connectivity index (χ4n) is 6.81. The molecule has 3 N–H and O–H groups in total. The second-order valence-corrected chi connectivity index (χ2v) is 16.2. The van der Waals surface area contributed by atoms with Crippen LogP contribution in [0.2, 0.25) is 0 Å². The van der Waals surface area contributed by atoms with Gasteiger partial charge < -0.3 is 29.8 Å². The van der Waals surface area contributed by atoms with E-state index in [0.29, 0.717) is 49.9 Å². The Morgan fingerprint density at radius 1 is 0.909 bits per heavy atom. The number of oxazole rings is 1. The number of alkyl carbamates (subject to hydrolysis) is 1. The van der Waals surface area contributed by atoms with Crippen molar-refractivity contribution >= 4 is 61.9 Å². The molecule has 1 fully saturated rings. The second-order valence-electron chi connectivity index (χ2n) is 13.7. The Balaban J connectivity index is 1.23. The molecule has 0 unspecified atom stereocenters. The number of carbonyl (C=O) groups is 4. The van der Waals surface area contributed by atoms with Gasteiger partial charge in [0.2, 0.25) is 11.7 Å². The number of hydrogen-bond donors (Lipinski definition) is 2. The summed E-state index contributed by atoms with van der Waals surface area (Å²) in [7, 11) is 0. The number of fused-ring (bicyclic) bond motifs is 1. The molecular weight excluding hydrogens is 784 g/mol. The molecule has 1 saturated heterocycles. The van der Waals surface area contributed by atoms with E-state index in [1.165, 1.54) is 4.90 Å². The molecule has 11 nitrogen and oxygen atoms in total. The monoisotopic (exact) mass is 828 g/mol. The minimum absolute atomic E-state index is 0.0332. The highest BCUT2D eigenvalue weighted by molar-refractivity contribution is 9.11. The van der Waals surface area contributed by atoms with Gasteiger partial charge in [-0.15, -0.1) is 11.3 Å². The van der Waals surface area contributed by atoms with Crippen molar-refractivity contribution in [2.75, 3.05) is 13.1 Å². The van der Waals surface area contributed by atoms with Crippen molar-refractivity contribution in [3.05, 3.63) is 123 Å². The van der Waals surface area contributed by atoms with Crippen molar-refractivity contribution < 1.29 is 33.1 Å². The van der Waals surface area contributed by atoms with Crippen molar-refractivity contribution in [1.29, 1.82) is 0 Å². The summed E-state index contributed by atoms with van der Waals surface area (Å²) in [5.41, 5.74) is 8.63. The average Bonchev–Trinajstić information content (AvgIpc) is 3.96. The van der Waals surface area contributed by atoms with Crippen molar-refractivity contribution in [1.82, 2.24) is 15.2 Å². The zero-order valence-electron chi connectivity index (χ0n) is 30.4. The van der Waals surface area contributed by atoms with Crippen LogP contribution in [-0.4, -0.2) is 64.7 Å². The summed E-state index contributed by atoms with van der Waals surface area (Å²) in [5.74, 6) is -1.83. The highest BCUT2D eigenvalue weighted by Crippen LogP contribution is 2.30. The molecule has 3 aromatic carbocycles. The minimum atomic E-state index is -0.993. The highest BCUT2D eigenvalue weighted by atomic mass is 79.9. The molecule has 4 atom stereocenters. The number of nitrogens with two attached hydrogens (primary N) is 1. The predicted molar refractivity (Wildman–Crippen MR) is 213 cm³/mol.